The predicted octanol–water partition coefficient (Wildman–Crippen LogP) is 4.64. The maximum absolute atomic E-state index is 13.7. The molecule has 0 aliphatic rings. The van der Waals surface area contributed by atoms with E-state index in [9.17, 15) is 24.6 Å². The molecule has 10 heteroatoms. The molecule has 0 atom stereocenters. The van der Waals surface area contributed by atoms with Crippen molar-refractivity contribution in [2.45, 2.75) is 0 Å². The summed E-state index contributed by atoms with van der Waals surface area (Å²) >= 11 is 1.62. The van der Waals surface area contributed by atoms with Gasteiger partial charge in [-0.1, -0.05) is 0 Å². The number of nitriles is 3. The summed E-state index contributed by atoms with van der Waals surface area (Å²) in [4.78, 5) is 4.00. The summed E-state index contributed by atoms with van der Waals surface area (Å²) in [5, 5.41) is 26.8. The standard InChI is InChI=1S/C22H6F2N4O2S2/c1-28-14(10-27)16-7-13(18-3-5-20(24)32-18)22(30-16)21-12(17-2-4-19(23)31-17)6-15(29-21)11(8-25)9-26/h2-7H/b16-14+,22-21+. The van der Waals surface area contributed by atoms with Gasteiger partial charge in [0, 0.05) is 20.9 Å². The summed E-state index contributed by atoms with van der Waals surface area (Å²) in [6, 6.07) is 13.5. The third-order valence-corrected chi connectivity index (χ3v) is 6.08. The van der Waals surface area contributed by atoms with E-state index in [-0.39, 0.29) is 32.9 Å². The number of halogens is 2. The van der Waals surface area contributed by atoms with Gasteiger partial charge < -0.3 is 8.83 Å². The molecule has 0 unspecified atom stereocenters. The average molecular weight is 460 g/mol. The van der Waals surface area contributed by atoms with Crippen LogP contribution in [-0.2, 0) is 0 Å². The molecular formula is C22H6F2N4O2S2. The highest BCUT2D eigenvalue weighted by Gasteiger charge is 2.17. The number of nitrogens with zero attached hydrogens (tertiary/aromatic N) is 4. The molecular weight excluding hydrogens is 454 g/mol. The van der Waals surface area contributed by atoms with Gasteiger partial charge in [0.1, 0.15) is 17.6 Å². The molecule has 0 saturated carbocycles. The molecule has 0 N–H and O–H groups in total. The van der Waals surface area contributed by atoms with Crippen molar-refractivity contribution in [3.05, 3.63) is 79.7 Å². The molecule has 6 nitrogen and oxygen atoms in total. The van der Waals surface area contributed by atoms with Crippen molar-refractivity contribution in [2.75, 3.05) is 0 Å². The van der Waals surface area contributed by atoms with Gasteiger partial charge in [0.25, 0.3) is 0 Å². The van der Waals surface area contributed by atoms with Gasteiger partial charge in [-0.25, -0.2) is 10.1 Å². The molecule has 0 aliphatic heterocycles. The van der Waals surface area contributed by atoms with Crippen LogP contribution in [0.15, 0.2) is 45.2 Å². The fourth-order valence-electron chi connectivity index (χ4n) is 2.91. The van der Waals surface area contributed by atoms with Gasteiger partial charge in [-0.15, -0.1) is 22.7 Å². The second kappa shape index (κ2) is 8.34. The normalized spacial score (nSPS) is 12.3. The van der Waals surface area contributed by atoms with Crippen LogP contribution in [0.5, 0.6) is 0 Å². The molecule has 0 amide bonds. The monoisotopic (exact) mass is 460 g/mol. The number of hydrogen-bond donors (Lipinski definition) is 0. The third kappa shape index (κ3) is 3.57. The smallest absolute Gasteiger partial charge is 0.303 e. The van der Waals surface area contributed by atoms with E-state index in [0.717, 1.165) is 22.7 Å². The molecule has 0 spiro atoms. The van der Waals surface area contributed by atoms with Crippen LogP contribution in [0.4, 0.5) is 8.78 Å². The average Bonchev–Trinajstić information content (AvgIpc) is 3.56. The van der Waals surface area contributed by atoms with Crippen LogP contribution in [0.2, 0.25) is 0 Å². The third-order valence-electron chi connectivity index (χ3n) is 4.27. The van der Waals surface area contributed by atoms with Crippen molar-refractivity contribution in [1.29, 1.82) is 15.8 Å². The highest BCUT2D eigenvalue weighted by atomic mass is 32.1. The first-order valence-corrected chi connectivity index (χ1v) is 10.2. The number of furan rings is 2. The minimum atomic E-state index is -0.465. The van der Waals surface area contributed by atoms with Gasteiger partial charge in [-0.3, -0.25) is 0 Å². The lowest BCUT2D eigenvalue weighted by Crippen LogP contribution is -1.98. The van der Waals surface area contributed by atoms with Gasteiger partial charge in [-0.2, -0.15) is 19.3 Å². The topological polar surface area (TPSA) is 102 Å². The number of hydrogen-bond acceptors (Lipinski definition) is 7. The molecule has 0 aromatic carbocycles. The molecule has 0 bridgehead atoms. The molecule has 4 rings (SSSR count). The molecule has 0 radical (unpaired) electrons. The Balaban J connectivity index is 2.29. The van der Waals surface area contributed by atoms with Crippen molar-refractivity contribution in [3.63, 3.8) is 0 Å². The van der Waals surface area contributed by atoms with Crippen LogP contribution in [-0.4, -0.2) is 0 Å². The molecule has 32 heavy (non-hydrogen) atoms. The fourth-order valence-corrected chi connectivity index (χ4v) is 4.40. The van der Waals surface area contributed by atoms with E-state index in [1.165, 1.54) is 36.4 Å². The fraction of sp³-hybridized carbons (Fsp3) is 0. The lowest BCUT2D eigenvalue weighted by molar-refractivity contribution is 0.449. The second-order valence-electron chi connectivity index (χ2n) is 6.09. The molecule has 0 fully saturated rings. The van der Waals surface area contributed by atoms with E-state index in [1.807, 2.05) is 0 Å². The quantitative estimate of drug-likeness (QED) is 0.406. The van der Waals surface area contributed by atoms with Crippen LogP contribution < -0.4 is 10.8 Å². The first-order chi connectivity index (χ1) is 15.5. The number of rotatable bonds is 2. The van der Waals surface area contributed by atoms with Crippen molar-refractivity contribution < 1.29 is 17.6 Å². The summed E-state index contributed by atoms with van der Waals surface area (Å²) in [5.41, 5.74) is -0.0121. The van der Waals surface area contributed by atoms with E-state index in [4.69, 9.17) is 15.4 Å². The Morgan fingerprint density at radius 2 is 1.31 bits per heavy atom. The minimum absolute atomic E-state index is 0.0437. The van der Waals surface area contributed by atoms with Gasteiger partial charge in [0.15, 0.2) is 32.1 Å². The molecule has 4 aromatic heterocycles. The summed E-state index contributed by atoms with van der Waals surface area (Å²) in [6.45, 7) is 7.19. The van der Waals surface area contributed by atoms with E-state index in [0.29, 0.717) is 20.9 Å². The highest BCUT2D eigenvalue weighted by molar-refractivity contribution is 7.14. The first kappa shape index (κ1) is 20.8. The van der Waals surface area contributed by atoms with Gasteiger partial charge >= 0.3 is 5.70 Å². The Morgan fingerprint density at radius 3 is 1.72 bits per heavy atom. The van der Waals surface area contributed by atoms with Crippen LogP contribution in [0.25, 0.3) is 37.0 Å². The van der Waals surface area contributed by atoms with E-state index >= 15 is 0 Å². The van der Waals surface area contributed by atoms with Crippen LogP contribution in [0.3, 0.4) is 0 Å². The Kier molecular flexibility index (Phi) is 5.41. The molecule has 152 valence electrons. The Morgan fingerprint density at radius 1 is 0.812 bits per heavy atom. The SMILES string of the molecule is [C-]#[N+]/C(C#N)=c1\cc(-c2ccc(F)s2)/c(=c2\oc(=C(C#N)C#N)cc2-c2ccc(F)s2)o1. The van der Waals surface area contributed by atoms with E-state index in [2.05, 4.69) is 4.85 Å². The Labute approximate surface area is 186 Å². The largest absolute Gasteiger partial charge is 0.463 e. The zero-order valence-corrected chi connectivity index (χ0v) is 17.3. The zero-order valence-electron chi connectivity index (χ0n) is 15.6. The zero-order chi connectivity index (χ0) is 22.8. The van der Waals surface area contributed by atoms with E-state index in [1.54, 1.807) is 18.2 Å². The van der Waals surface area contributed by atoms with Crippen LogP contribution >= 0.6 is 22.7 Å². The number of thiophene rings is 2. The maximum Gasteiger partial charge on any atom is 0.303 e. The maximum atomic E-state index is 13.7. The molecule has 4 aromatic rings. The minimum Gasteiger partial charge on any atom is -0.463 e. The summed E-state index contributed by atoms with van der Waals surface area (Å²) in [5.74, 6) is 0. The van der Waals surface area contributed by atoms with Crippen molar-refractivity contribution >= 4 is 33.9 Å². The first-order valence-electron chi connectivity index (χ1n) is 8.61. The van der Waals surface area contributed by atoms with Crippen molar-refractivity contribution in [3.8, 4) is 39.1 Å². The van der Waals surface area contributed by atoms with Gasteiger partial charge in [0.05, 0.1) is 12.6 Å². The lowest BCUT2D eigenvalue weighted by Gasteiger charge is -1.92. The summed E-state index contributed by atoms with van der Waals surface area (Å²) in [6.07, 6.45) is 0. The van der Waals surface area contributed by atoms with E-state index < -0.39 is 10.3 Å². The highest BCUT2D eigenvalue weighted by Crippen LogP contribution is 2.32. The molecule has 0 saturated heterocycles. The van der Waals surface area contributed by atoms with Gasteiger partial charge in [0.2, 0.25) is 0 Å². The predicted molar refractivity (Wildman–Crippen MR) is 111 cm³/mol. The Bertz CT molecular complexity index is 1600. The van der Waals surface area contributed by atoms with Crippen LogP contribution in [0.1, 0.15) is 0 Å². The Hall–Kier alpha value is -4.48. The van der Waals surface area contributed by atoms with Crippen molar-refractivity contribution in [2.24, 2.45) is 0 Å². The molecule has 0 aliphatic carbocycles. The summed E-state index contributed by atoms with van der Waals surface area (Å²) < 4.78 is 39.0. The second-order valence-corrected chi connectivity index (χ2v) is 8.15. The van der Waals surface area contributed by atoms with Crippen molar-refractivity contribution in [1.82, 2.24) is 0 Å². The van der Waals surface area contributed by atoms with Gasteiger partial charge in [-0.05, 0) is 36.4 Å². The van der Waals surface area contributed by atoms with Crippen LogP contribution in [0, 0.1) is 61.7 Å². The molecule has 4 heterocycles. The lowest BCUT2D eigenvalue weighted by atomic mass is 10.2. The summed E-state index contributed by atoms with van der Waals surface area (Å²) in [7, 11) is 0.